The van der Waals surface area contributed by atoms with Crippen molar-refractivity contribution in [3.8, 4) is 0 Å². The number of nitrogens with two attached hydrogens (primary N) is 1. The van der Waals surface area contributed by atoms with Crippen LogP contribution in [0.25, 0.3) is 0 Å². The van der Waals surface area contributed by atoms with E-state index in [-0.39, 0.29) is 12.1 Å². The summed E-state index contributed by atoms with van der Waals surface area (Å²) in [5.41, 5.74) is 6.62. The molecule has 4 nitrogen and oxygen atoms in total. The fourth-order valence-corrected chi connectivity index (χ4v) is 0.841. The van der Waals surface area contributed by atoms with E-state index in [4.69, 9.17) is 5.73 Å². The molecular weight excluding hydrogens is 164 g/mol. The smallest absolute Gasteiger partial charge is 0.148 e. The molecule has 2 atom stereocenters. The second kappa shape index (κ2) is 4.18. The molecule has 0 aliphatic rings. The van der Waals surface area contributed by atoms with Gasteiger partial charge in [-0.25, -0.2) is 0 Å². The summed E-state index contributed by atoms with van der Waals surface area (Å²) in [5.74, 6) is 0.774. The average Bonchev–Trinajstić information content (AvgIpc) is 2.08. The van der Waals surface area contributed by atoms with Crippen molar-refractivity contribution in [1.82, 2.24) is 10.2 Å². The second-order valence-corrected chi connectivity index (χ2v) is 3.35. The van der Waals surface area contributed by atoms with Gasteiger partial charge in [0.1, 0.15) is 5.82 Å². The standard InChI is InChI=1S/C9H16N4/c1-6-4-5-9(13-12-6)11-8(3)7(2)10/h4-5,7-8H,10H2,1-3H3,(H,11,13). The number of hydrogen-bond acceptors (Lipinski definition) is 4. The minimum Gasteiger partial charge on any atom is -0.365 e. The molecule has 1 heterocycles. The van der Waals surface area contributed by atoms with Gasteiger partial charge in [-0.2, -0.15) is 5.10 Å². The molecule has 72 valence electrons. The van der Waals surface area contributed by atoms with Gasteiger partial charge in [0.05, 0.1) is 5.69 Å². The van der Waals surface area contributed by atoms with Crippen molar-refractivity contribution >= 4 is 5.82 Å². The van der Waals surface area contributed by atoms with Crippen molar-refractivity contribution in [2.24, 2.45) is 5.73 Å². The summed E-state index contributed by atoms with van der Waals surface area (Å²) in [6, 6.07) is 4.13. The van der Waals surface area contributed by atoms with Crippen molar-refractivity contribution in [3.05, 3.63) is 17.8 Å². The molecule has 0 saturated carbocycles. The number of nitrogens with one attached hydrogen (secondary N) is 1. The topological polar surface area (TPSA) is 63.8 Å². The summed E-state index contributed by atoms with van der Waals surface area (Å²) < 4.78 is 0. The second-order valence-electron chi connectivity index (χ2n) is 3.35. The number of nitrogens with zero attached hydrogens (tertiary/aromatic N) is 2. The largest absolute Gasteiger partial charge is 0.365 e. The maximum atomic E-state index is 5.70. The van der Waals surface area contributed by atoms with Crippen molar-refractivity contribution in [1.29, 1.82) is 0 Å². The molecule has 1 rings (SSSR count). The summed E-state index contributed by atoms with van der Waals surface area (Å²) in [6.07, 6.45) is 0. The van der Waals surface area contributed by atoms with Crippen LogP contribution in [0.5, 0.6) is 0 Å². The molecule has 13 heavy (non-hydrogen) atoms. The van der Waals surface area contributed by atoms with Gasteiger partial charge in [0.25, 0.3) is 0 Å². The molecule has 0 aromatic carbocycles. The highest BCUT2D eigenvalue weighted by Crippen LogP contribution is 2.04. The van der Waals surface area contributed by atoms with Crippen molar-refractivity contribution in [3.63, 3.8) is 0 Å². The molecule has 0 amide bonds. The lowest BCUT2D eigenvalue weighted by Gasteiger charge is -2.17. The van der Waals surface area contributed by atoms with Crippen LogP contribution in [0.2, 0.25) is 0 Å². The predicted octanol–water partition coefficient (Wildman–Crippen LogP) is 0.933. The van der Waals surface area contributed by atoms with Crippen LogP contribution < -0.4 is 11.1 Å². The number of anilines is 1. The Kier molecular flexibility index (Phi) is 3.19. The van der Waals surface area contributed by atoms with Gasteiger partial charge in [-0.3, -0.25) is 0 Å². The summed E-state index contributed by atoms with van der Waals surface area (Å²) >= 11 is 0. The van der Waals surface area contributed by atoms with Crippen LogP contribution in [0, 0.1) is 6.92 Å². The highest BCUT2D eigenvalue weighted by atomic mass is 15.2. The predicted molar refractivity (Wildman–Crippen MR) is 53.5 cm³/mol. The number of aromatic nitrogens is 2. The van der Waals surface area contributed by atoms with Crippen LogP contribution in [0.3, 0.4) is 0 Å². The Morgan fingerprint density at radius 1 is 1.31 bits per heavy atom. The summed E-state index contributed by atoms with van der Waals surface area (Å²) in [6.45, 7) is 5.89. The van der Waals surface area contributed by atoms with E-state index in [1.807, 2.05) is 32.9 Å². The molecule has 0 aliphatic heterocycles. The molecule has 1 aromatic heterocycles. The SMILES string of the molecule is Cc1ccc(NC(C)C(C)N)nn1. The Labute approximate surface area is 78.6 Å². The first kappa shape index (κ1) is 9.92. The van der Waals surface area contributed by atoms with E-state index < -0.39 is 0 Å². The van der Waals surface area contributed by atoms with E-state index in [2.05, 4.69) is 15.5 Å². The lowest BCUT2D eigenvalue weighted by molar-refractivity contribution is 0.634. The monoisotopic (exact) mass is 180 g/mol. The van der Waals surface area contributed by atoms with Gasteiger partial charge in [0.2, 0.25) is 0 Å². The first-order valence-electron chi connectivity index (χ1n) is 4.42. The lowest BCUT2D eigenvalue weighted by atomic mass is 10.2. The minimum atomic E-state index is 0.100. The third-order valence-electron chi connectivity index (χ3n) is 1.96. The Hall–Kier alpha value is -1.16. The third kappa shape index (κ3) is 2.99. The maximum Gasteiger partial charge on any atom is 0.148 e. The molecule has 2 unspecified atom stereocenters. The number of rotatable bonds is 3. The fraction of sp³-hybridized carbons (Fsp3) is 0.556. The van der Waals surface area contributed by atoms with E-state index in [0.717, 1.165) is 11.5 Å². The first-order chi connectivity index (χ1) is 6.09. The molecule has 0 radical (unpaired) electrons. The number of hydrogen-bond donors (Lipinski definition) is 2. The highest BCUT2D eigenvalue weighted by Gasteiger charge is 2.06. The van der Waals surface area contributed by atoms with Crippen molar-refractivity contribution in [2.75, 3.05) is 5.32 Å². The van der Waals surface area contributed by atoms with Crippen molar-refractivity contribution in [2.45, 2.75) is 32.9 Å². The lowest BCUT2D eigenvalue weighted by Crippen LogP contribution is -2.35. The molecule has 1 aromatic rings. The van der Waals surface area contributed by atoms with Crippen LogP contribution in [0.15, 0.2) is 12.1 Å². The zero-order valence-electron chi connectivity index (χ0n) is 8.28. The maximum absolute atomic E-state index is 5.70. The van der Waals surface area contributed by atoms with E-state index in [9.17, 15) is 0 Å². The van der Waals surface area contributed by atoms with Gasteiger partial charge in [-0.15, -0.1) is 5.10 Å². The number of aryl methyl sites for hydroxylation is 1. The molecule has 4 heteroatoms. The summed E-state index contributed by atoms with van der Waals surface area (Å²) in [5, 5.41) is 11.1. The zero-order chi connectivity index (χ0) is 9.84. The molecule has 0 fully saturated rings. The highest BCUT2D eigenvalue weighted by molar-refractivity contribution is 5.34. The quantitative estimate of drug-likeness (QED) is 0.726. The Bertz CT molecular complexity index is 255. The Morgan fingerprint density at radius 3 is 2.46 bits per heavy atom. The molecule has 3 N–H and O–H groups in total. The van der Waals surface area contributed by atoms with Crippen LogP contribution in [-0.4, -0.2) is 22.3 Å². The minimum absolute atomic E-state index is 0.100. The normalized spacial score (nSPS) is 15.1. The van der Waals surface area contributed by atoms with Gasteiger partial charge in [0, 0.05) is 12.1 Å². The van der Waals surface area contributed by atoms with Gasteiger partial charge in [0.15, 0.2) is 0 Å². The van der Waals surface area contributed by atoms with Crippen molar-refractivity contribution < 1.29 is 0 Å². The fourth-order valence-electron chi connectivity index (χ4n) is 0.841. The van der Waals surface area contributed by atoms with Crippen LogP contribution in [0.4, 0.5) is 5.82 Å². The van der Waals surface area contributed by atoms with Gasteiger partial charge < -0.3 is 11.1 Å². The first-order valence-corrected chi connectivity index (χ1v) is 4.42. The zero-order valence-corrected chi connectivity index (χ0v) is 8.28. The summed E-state index contributed by atoms with van der Waals surface area (Å²) in [4.78, 5) is 0. The molecule has 0 spiro atoms. The van der Waals surface area contributed by atoms with Crippen LogP contribution in [-0.2, 0) is 0 Å². The average molecular weight is 180 g/mol. The van der Waals surface area contributed by atoms with Gasteiger partial charge in [-0.05, 0) is 32.9 Å². The van der Waals surface area contributed by atoms with Gasteiger partial charge in [-0.1, -0.05) is 0 Å². The molecular formula is C9H16N4. The van der Waals surface area contributed by atoms with E-state index in [0.29, 0.717) is 0 Å². The van der Waals surface area contributed by atoms with Crippen LogP contribution >= 0.6 is 0 Å². The third-order valence-corrected chi connectivity index (χ3v) is 1.96. The molecule has 0 aliphatic carbocycles. The van der Waals surface area contributed by atoms with Gasteiger partial charge >= 0.3 is 0 Å². The Morgan fingerprint density at radius 2 is 2.00 bits per heavy atom. The Balaban J connectivity index is 2.59. The van der Waals surface area contributed by atoms with E-state index >= 15 is 0 Å². The summed E-state index contributed by atoms with van der Waals surface area (Å²) in [7, 11) is 0. The molecule has 0 bridgehead atoms. The molecule has 0 saturated heterocycles. The van der Waals surface area contributed by atoms with E-state index in [1.165, 1.54) is 0 Å². The van der Waals surface area contributed by atoms with Crippen LogP contribution in [0.1, 0.15) is 19.5 Å². The van der Waals surface area contributed by atoms with E-state index in [1.54, 1.807) is 0 Å².